The van der Waals surface area contributed by atoms with Gasteiger partial charge in [-0.05, 0) is 189 Å². The summed E-state index contributed by atoms with van der Waals surface area (Å²) in [5.41, 5.74) is 23.9. The molecule has 2 saturated carbocycles. The lowest BCUT2D eigenvalue weighted by Crippen LogP contribution is -2.54. The van der Waals surface area contributed by atoms with Crippen molar-refractivity contribution >= 4 is 22.7 Å². The molecule has 0 saturated heterocycles. The molecule has 0 aromatic heterocycles. The third-order valence-electron chi connectivity index (χ3n) is 20.4. The van der Waals surface area contributed by atoms with Crippen LogP contribution in [0.25, 0.3) is 33.4 Å². The first-order valence-corrected chi connectivity index (χ1v) is 28.4. The number of fused-ring (bicyclic) bond motifs is 9. The third kappa shape index (κ3) is 6.82. The Balaban J connectivity index is 0.966. The topological polar surface area (TPSA) is 6.48 Å². The summed E-state index contributed by atoms with van der Waals surface area (Å²) in [6, 6.07) is 71.5. The predicted molar refractivity (Wildman–Crippen MR) is 318 cm³/mol. The summed E-state index contributed by atoms with van der Waals surface area (Å²) in [5.74, 6) is 0. The predicted octanol–water partition coefficient (Wildman–Crippen LogP) is 19.5. The first-order chi connectivity index (χ1) is 35.9. The number of anilines is 4. The minimum atomic E-state index is -0.485. The van der Waals surface area contributed by atoms with Gasteiger partial charge in [0.1, 0.15) is 0 Å². The van der Waals surface area contributed by atoms with Crippen LogP contribution in [0.4, 0.5) is 22.7 Å². The molecule has 3 aliphatic carbocycles. The van der Waals surface area contributed by atoms with Gasteiger partial charge in [-0.25, -0.2) is 0 Å². The quantitative estimate of drug-likeness (QED) is 0.164. The first kappa shape index (κ1) is 48.0. The lowest BCUT2D eigenvalue weighted by molar-refractivity contribution is 0.195. The Morgan fingerprint density at radius 1 is 0.347 bits per heavy atom. The number of rotatable bonds is 6. The molecule has 0 N–H and O–H groups in total. The number of nitrogens with zero attached hydrogens (tertiary/aromatic N) is 2. The highest BCUT2D eigenvalue weighted by molar-refractivity contribution is 5.92. The third-order valence-corrected chi connectivity index (χ3v) is 20.4. The molecule has 2 aliphatic heterocycles. The van der Waals surface area contributed by atoms with Crippen LogP contribution in [0.3, 0.4) is 0 Å². The first-order valence-electron chi connectivity index (χ1n) is 28.4. The second-order valence-corrected chi connectivity index (χ2v) is 26.4. The summed E-state index contributed by atoms with van der Waals surface area (Å²) in [6.45, 7) is 24.1. The summed E-state index contributed by atoms with van der Waals surface area (Å²) >= 11 is 0. The van der Waals surface area contributed by atoms with E-state index < -0.39 is 5.41 Å². The molecule has 13 rings (SSSR count). The van der Waals surface area contributed by atoms with Crippen LogP contribution in [-0.4, -0.2) is 11.1 Å². The maximum atomic E-state index is 2.72. The fraction of sp³-hybridized carbons (Fsp3) is 0.342. The average Bonchev–Trinajstić information content (AvgIpc) is 3.97. The average molecular weight is 981 g/mol. The van der Waals surface area contributed by atoms with Gasteiger partial charge >= 0.3 is 0 Å². The van der Waals surface area contributed by atoms with Crippen LogP contribution in [-0.2, 0) is 27.1 Å². The maximum Gasteiger partial charge on any atom is 0.0713 e. The summed E-state index contributed by atoms with van der Waals surface area (Å²) in [4.78, 5) is 5.45. The van der Waals surface area contributed by atoms with Gasteiger partial charge in [0.15, 0.2) is 0 Å². The molecule has 0 amide bonds. The van der Waals surface area contributed by atoms with E-state index in [1.54, 1.807) is 0 Å². The normalized spacial score (nSPS) is 24.2. The zero-order valence-electron chi connectivity index (χ0n) is 46.4. The summed E-state index contributed by atoms with van der Waals surface area (Å²) in [5, 5.41) is 0. The molecule has 5 aliphatic rings. The molecule has 2 fully saturated rings. The highest BCUT2D eigenvalue weighted by Gasteiger charge is 2.59. The van der Waals surface area contributed by atoms with Crippen LogP contribution in [0.15, 0.2) is 182 Å². The second-order valence-electron chi connectivity index (χ2n) is 26.4. The van der Waals surface area contributed by atoms with Crippen molar-refractivity contribution in [3.63, 3.8) is 0 Å². The van der Waals surface area contributed by atoms with Crippen molar-refractivity contribution in [3.05, 3.63) is 226 Å². The molecule has 378 valence electrons. The van der Waals surface area contributed by atoms with Gasteiger partial charge in [0, 0.05) is 33.6 Å². The van der Waals surface area contributed by atoms with Crippen LogP contribution in [0.1, 0.15) is 165 Å². The van der Waals surface area contributed by atoms with Gasteiger partial charge < -0.3 is 9.80 Å². The van der Waals surface area contributed by atoms with E-state index in [0.717, 1.165) is 0 Å². The molecule has 0 radical (unpaired) electrons. The fourth-order valence-electron chi connectivity index (χ4n) is 15.7. The second kappa shape index (κ2) is 16.7. The zero-order valence-corrected chi connectivity index (χ0v) is 46.4. The van der Waals surface area contributed by atoms with Crippen LogP contribution >= 0.6 is 0 Å². The van der Waals surface area contributed by atoms with Gasteiger partial charge in [-0.15, -0.1) is 0 Å². The zero-order chi connectivity index (χ0) is 51.9. The van der Waals surface area contributed by atoms with Crippen molar-refractivity contribution < 1.29 is 0 Å². The van der Waals surface area contributed by atoms with E-state index in [-0.39, 0.29) is 32.7 Å². The van der Waals surface area contributed by atoms with Gasteiger partial charge in [0.05, 0.1) is 16.5 Å². The van der Waals surface area contributed by atoms with Crippen molar-refractivity contribution in [2.45, 2.75) is 159 Å². The highest BCUT2D eigenvalue weighted by atomic mass is 15.3. The number of hydrogen-bond donors (Lipinski definition) is 0. The van der Waals surface area contributed by atoms with E-state index in [2.05, 4.69) is 261 Å². The van der Waals surface area contributed by atoms with Gasteiger partial charge in [-0.2, -0.15) is 0 Å². The number of benzene rings is 8. The van der Waals surface area contributed by atoms with Gasteiger partial charge in [-0.3, -0.25) is 0 Å². The Morgan fingerprint density at radius 2 is 0.693 bits per heavy atom. The van der Waals surface area contributed by atoms with Gasteiger partial charge in [0.2, 0.25) is 0 Å². The highest BCUT2D eigenvalue weighted by Crippen LogP contribution is 2.64. The van der Waals surface area contributed by atoms with E-state index in [1.165, 1.54) is 152 Å². The van der Waals surface area contributed by atoms with Crippen LogP contribution in [0, 0.1) is 0 Å². The number of hydrogen-bond acceptors (Lipinski definition) is 2. The smallest absolute Gasteiger partial charge is 0.0713 e. The minimum absolute atomic E-state index is 0.0171. The van der Waals surface area contributed by atoms with Crippen molar-refractivity contribution in [1.29, 1.82) is 0 Å². The lowest BCUT2D eigenvalue weighted by atomic mass is 9.61. The van der Waals surface area contributed by atoms with E-state index >= 15 is 0 Å². The summed E-state index contributed by atoms with van der Waals surface area (Å²) in [6.07, 6.45) is 9.79. The molecule has 8 aromatic carbocycles. The molecule has 8 aromatic rings. The monoisotopic (exact) mass is 981 g/mol. The van der Waals surface area contributed by atoms with E-state index in [4.69, 9.17) is 0 Å². The van der Waals surface area contributed by atoms with E-state index in [9.17, 15) is 0 Å². The molecule has 0 bridgehead atoms. The van der Waals surface area contributed by atoms with Crippen LogP contribution < -0.4 is 9.80 Å². The fourth-order valence-corrected chi connectivity index (χ4v) is 15.7. The molecule has 4 atom stereocenters. The molecule has 2 heterocycles. The lowest BCUT2D eigenvalue weighted by Gasteiger charge is -2.50. The van der Waals surface area contributed by atoms with Crippen molar-refractivity contribution in [3.8, 4) is 33.4 Å². The SMILES string of the molecule is CC(C)(C)c1ccc(N2c3ccc(-c4ccc5c(c4)-c4cc(-c6ccc7c(c6)C6(C)CCCCC6(C)N7c6ccc(C(C)(C)C)cc6)ccc4C5(c4ccccc4)c4ccccc4)cc3C3(C)CCCCC23C)cc1. The van der Waals surface area contributed by atoms with E-state index in [1.807, 2.05) is 0 Å². The van der Waals surface area contributed by atoms with Crippen molar-refractivity contribution in [2.24, 2.45) is 0 Å². The largest absolute Gasteiger partial charge is 0.334 e. The molecule has 2 nitrogen and oxygen atoms in total. The standard InChI is InChI=1S/C73H76N2/c1-67(2,3)53-29-33-57(34-30-53)74-65-39-27-51(47-63(65)69(7)41-17-19-43-71(69,74)9)49-25-37-61-59(45-49)60-46-50(26-38-62(60)73(61,55-21-13-11-14-22-55)56-23-15-12-16-24-56)52-28-40-66-64(48-52)70(8)42-18-20-44-72(70,10)75(66)58-35-31-54(32-36-58)68(4,5)6/h11-16,21-40,45-48H,17-20,41-44H2,1-10H3. The van der Waals surface area contributed by atoms with E-state index in [0.29, 0.717) is 0 Å². The Kier molecular flexibility index (Phi) is 10.7. The summed E-state index contributed by atoms with van der Waals surface area (Å²) < 4.78 is 0. The summed E-state index contributed by atoms with van der Waals surface area (Å²) in [7, 11) is 0. The molecule has 4 unspecified atom stereocenters. The van der Waals surface area contributed by atoms with Gasteiger partial charge in [0.25, 0.3) is 0 Å². The Morgan fingerprint density at radius 3 is 1.07 bits per heavy atom. The maximum absolute atomic E-state index is 2.72. The van der Waals surface area contributed by atoms with Crippen molar-refractivity contribution in [1.82, 2.24) is 0 Å². The molecular formula is C73H76N2. The van der Waals surface area contributed by atoms with Crippen LogP contribution in [0.2, 0.25) is 0 Å². The Labute approximate surface area is 448 Å². The minimum Gasteiger partial charge on any atom is -0.334 e. The van der Waals surface area contributed by atoms with Crippen LogP contribution in [0.5, 0.6) is 0 Å². The molecule has 2 heteroatoms. The molecular weight excluding hydrogens is 905 g/mol. The van der Waals surface area contributed by atoms with Gasteiger partial charge in [-0.1, -0.05) is 202 Å². The molecule has 0 spiro atoms. The molecule has 75 heavy (non-hydrogen) atoms. The van der Waals surface area contributed by atoms with Crippen molar-refractivity contribution in [2.75, 3.05) is 9.80 Å². The Hall–Kier alpha value is -6.64. The Bertz CT molecular complexity index is 3280.